The number of amides is 1. The molecule has 0 aliphatic carbocycles. The van der Waals surface area contributed by atoms with E-state index in [9.17, 15) is 4.79 Å². The third kappa shape index (κ3) is 4.63. The van der Waals surface area contributed by atoms with E-state index in [1.54, 1.807) is 22.7 Å². The molecule has 3 heterocycles. The largest absolute Gasteiger partial charge is 0.346 e. The highest BCUT2D eigenvalue weighted by atomic mass is 32.1. The normalized spacial score (nSPS) is 11.1. The Hall–Kier alpha value is -2.77. The second kappa shape index (κ2) is 8.71. The molecule has 29 heavy (non-hydrogen) atoms. The Kier molecular flexibility index (Phi) is 5.87. The van der Waals surface area contributed by atoms with Crippen LogP contribution in [0.25, 0.3) is 10.6 Å². The van der Waals surface area contributed by atoms with Crippen molar-refractivity contribution in [1.82, 2.24) is 20.1 Å². The van der Waals surface area contributed by atoms with Crippen molar-refractivity contribution in [1.29, 1.82) is 0 Å². The number of carbonyl (C=O) groups is 1. The van der Waals surface area contributed by atoms with Crippen molar-refractivity contribution < 1.29 is 4.79 Å². The molecule has 0 spiro atoms. The molecule has 1 N–H and O–H groups in total. The number of hydrogen-bond acceptors (Lipinski definition) is 5. The number of rotatable bonds is 7. The number of thiophene rings is 1. The van der Waals surface area contributed by atoms with Crippen molar-refractivity contribution in [2.75, 3.05) is 0 Å². The molecule has 0 saturated heterocycles. The average molecular weight is 423 g/mol. The Morgan fingerprint density at radius 2 is 1.97 bits per heavy atom. The molecule has 0 saturated carbocycles. The SMILES string of the molecule is CC(C)c1nc(CNC(=O)c2cn(Cc3ccccc3)nc2-c2cccs2)cs1. The Labute approximate surface area is 178 Å². The van der Waals surface area contributed by atoms with E-state index >= 15 is 0 Å². The van der Waals surface area contributed by atoms with Gasteiger partial charge in [0.05, 0.1) is 34.2 Å². The molecular formula is C22H22N4OS2. The Balaban J connectivity index is 1.54. The second-order valence-electron chi connectivity index (χ2n) is 7.07. The van der Waals surface area contributed by atoms with Gasteiger partial charge in [-0.05, 0) is 17.0 Å². The van der Waals surface area contributed by atoms with Crippen molar-refractivity contribution in [2.24, 2.45) is 0 Å². The number of benzene rings is 1. The molecule has 1 amide bonds. The fraction of sp³-hybridized carbons (Fsp3) is 0.227. The number of aromatic nitrogens is 3. The monoisotopic (exact) mass is 422 g/mol. The summed E-state index contributed by atoms with van der Waals surface area (Å²) in [4.78, 5) is 18.5. The van der Waals surface area contributed by atoms with E-state index in [1.807, 2.05) is 52.0 Å². The van der Waals surface area contributed by atoms with Crippen LogP contribution in [-0.4, -0.2) is 20.7 Å². The number of carbonyl (C=O) groups excluding carboxylic acids is 1. The first-order chi connectivity index (χ1) is 14.1. The van der Waals surface area contributed by atoms with Crippen LogP contribution in [0.4, 0.5) is 0 Å². The van der Waals surface area contributed by atoms with Gasteiger partial charge in [0, 0.05) is 17.5 Å². The van der Waals surface area contributed by atoms with Crippen LogP contribution >= 0.6 is 22.7 Å². The zero-order chi connectivity index (χ0) is 20.2. The molecule has 0 aliphatic heterocycles. The zero-order valence-corrected chi connectivity index (χ0v) is 18.0. The summed E-state index contributed by atoms with van der Waals surface area (Å²) in [6, 6.07) is 14.1. The van der Waals surface area contributed by atoms with Gasteiger partial charge >= 0.3 is 0 Å². The molecular weight excluding hydrogens is 400 g/mol. The molecule has 0 atom stereocenters. The van der Waals surface area contributed by atoms with E-state index in [2.05, 4.69) is 36.3 Å². The average Bonchev–Trinajstić information content (AvgIpc) is 3.47. The lowest BCUT2D eigenvalue weighted by Gasteiger charge is -2.03. The molecule has 4 rings (SSSR count). The molecule has 3 aromatic heterocycles. The third-order valence-corrected chi connectivity index (χ3v) is 6.51. The highest BCUT2D eigenvalue weighted by Gasteiger charge is 2.19. The van der Waals surface area contributed by atoms with Gasteiger partial charge in [0.25, 0.3) is 5.91 Å². The minimum absolute atomic E-state index is 0.133. The predicted octanol–water partition coefficient (Wildman–Crippen LogP) is 5.17. The van der Waals surface area contributed by atoms with Gasteiger partial charge in [-0.25, -0.2) is 4.98 Å². The predicted molar refractivity (Wildman–Crippen MR) is 118 cm³/mol. The molecule has 0 fully saturated rings. The van der Waals surface area contributed by atoms with Crippen molar-refractivity contribution in [3.05, 3.63) is 81.2 Å². The zero-order valence-electron chi connectivity index (χ0n) is 16.3. The Morgan fingerprint density at radius 1 is 1.14 bits per heavy atom. The van der Waals surface area contributed by atoms with Crippen LogP contribution in [0.1, 0.15) is 46.4 Å². The topological polar surface area (TPSA) is 59.8 Å². The maximum Gasteiger partial charge on any atom is 0.255 e. The molecule has 0 aliphatic rings. The summed E-state index contributed by atoms with van der Waals surface area (Å²) in [6.07, 6.45) is 1.83. The number of nitrogens with one attached hydrogen (secondary N) is 1. The van der Waals surface area contributed by atoms with Crippen LogP contribution in [0.5, 0.6) is 0 Å². The molecule has 7 heteroatoms. The first-order valence-electron chi connectivity index (χ1n) is 9.48. The fourth-order valence-electron chi connectivity index (χ4n) is 2.97. The summed E-state index contributed by atoms with van der Waals surface area (Å²) in [5, 5.41) is 12.8. The van der Waals surface area contributed by atoms with E-state index < -0.39 is 0 Å². The molecule has 1 aromatic carbocycles. The lowest BCUT2D eigenvalue weighted by atomic mass is 10.2. The highest BCUT2D eigenvalue weighted by molar-refractivity contribution is 7.13. The van der Waals surface area contributed by atoms with Crippen molar-refractivity contribution in [3.63, 3.8) is 0 Å². The smallest absolute Gasteiger partial charge is 0.255 e. The summed E-state index contributed by atoms with van der Waals surface area (Å²) in [5.41, 5.74) is 3.34. The fourth-order valence-corrected chi connectivity index (χ4v) is 4.53. The van der Waals surface area contributed by atoms with E-state index in [0.717, 1.165) is 26.8 Å². The van der Waals surface area contributed by atoms with Crippen LogP contribution in [0.15, 0.2) is 59.4 Å². The Morgan fingerprint density at radius 3 is 2.66 bits per heavy atom. The van der Waals surface area contributed by atoms with E-state index in [0.29, 0.717) is 24.6 Å². The quantitative estimate of drug-likeness (QED) is 0.447. The van der Waals surface area contributed by atoms with Gasteiger partial charge in [-0.2, -0.15) is 5.10 Å². The van der Waals surface area contributed by atoms with E-state index in [4.69, 9.17) is 5.10 Å². The van der Waals surface area contributed by atoms with Gasteiger partial charge in [-0.1, -0.05) is 50.2 Å². The number of thiazole rings is 1. The van der Waals surface area contributed by atoms with E-state index in [1.165, 1.54) is 0 Å². The van der Waals surface area contributed by atoms with Crippen LogP contribution < -0.4 is 5.32 Å². The second-order valence-corrected chi connectivity index (χ2v) is 8.90. The number of hydrogen-bond donors (Lipinski definition) is 1. The first kappa shape index (κ1) is 19.5. The van der Waals surface area contributed by atoms with E-state index in [-0.39, 0.29) is 5.91 Å². The van der Waals surface area contributed by atoms with Crippen LogP contribution in [0, 0.1) is 0 Å². The summed E-state index contributed by atoms with van der Waals surface area (Å²) in [6.45, 7) is 5.28. The standard InChI is InChI=1S/C22H22N4OS2/c1-15(2)22-24-17(14-29-22)11-23-21(27)18-13-26(12-16-7-4-3-5-8-16)25-20(18)19-9-6-10-28-19/h3-10,13-15H,11-12H2,1-2H3,(H,23,27). The molecule has 0 bridgehead atoms. The summed E-state index contributed by atoms with van der Waals surface area (Å²) < 4.78 is 1.83. The Bertz CT molecular complexity index is 1080. The van der Waals surface area contributed by atoms with Gasteiger partial charge in [-0.15, -0.1) is 22.7 Å². The van der Waals surface area contributed by atoms with Crippen LogP contribution in [0.2, 0.25) is 0 Å². The summed E-state index contributed by atoms with van der Waals surface area (Å²) in [5.74, 6) is 0.262. The van der Waals surface area contributed by atoms with Gasteiger partial charge in [-0.3, -0.25) is 9.48 Å². The van der Waals surface area contributed by atoms with Gasteiger partial charge in [0.15, 0.2) is 0 Å². The molecule has 0 radical (unpaired) electrons. The van der Waals surface area contributed by atoms with Crippen molar-refractivity contribution in [2.45, 2.75) is 32.9 Å². The molecule has 148 valence electrons. The molecule has 4 aromatic rings. The first-order valence-corrected chi connectivity index (χ1v) is 11.2. The molecule has 5 nitrogen and oxygen atoms in total. The van der Waals surface area contributed by atoms with Crippen molar-refractivity contribution >= 4 is 28.6 Å². The third-order valence-electron chi connectivity index (χ3n) is 4.44. The maximum atomic E-state index is 13.0. The minimum atomic E-state index is -0.133. The molecule has 0 unspecified atom stereocenters. The number of nitrogens with zero attached hydrogens (tertiary/aromatic N) is 3. The summed E-state index contributed by atoms with van der Waals surface area (Å²) >= 11 is 3.22. The maximum absolute atomic E-state index is 13.0. The van der Waals surface area contributed by atoms with Crippen LogP contribution in [0.3, 0.4) is 0 Å². The van der Waals surface area contributed by atoms with Gasteiger partial charge in [0.1, 0.15) is 5.69 Å². The van der Waals surface area contributed by atoms with Crippen LogP contribution in [-0.2, 0) is 13.1 Å². The highest BCUT2D eigenvalue weighted by Crippen LogP contribution is 2.27. The lowest BCUT2D eigenvalue weighted by molar-refractivity contribution is 0.0951. The van der Waals surface area contributed by atoms with Gasteiger partial charge < -0.3 is 5.32 Å². The van der Waals surface area contributed by atoms with Gasteiger partial charge in [0.2, 0.25) is 0 Å². The summed E-state index contributed by atoms with van der Waals surface area (Å²) in [7, 11) is 0. The lowest BCUT2D eigenvalue weighted by Crippen LogP contribution is -2.23. The minimum Gasteiger partial charge on any atom is -0.346 e. The van der Waals surface area contributed by atoms with Crippen molar-refractivity contribution in [3.8, 4) is 10.6 Å².